The normalized spacial score (nSPS) is 10.7. The summed E-state index contributed by atoms with van der Waals surface area (Å²) in [6.45, 7) is 8.96. The Morgan fingerprint density at radius 1 is 0.305 bits per heavy atom. The largest absolute Gasteiger partial charge is 0.496 e. The zero-order chi connectivity index (χ0) is 93.0. The summed E-state index contributed by atoms with van der Waals surface area (Å²) >= 11 is 0. The number of para-hydroxylation sites is 4. The highest BCUT2D eigenvalue weighted by atomic mass is 19.4. The van der Waals surface area contributed by atoms with E-state index in [9.17, 15) is 60.3 Å². The first-order chi connectivity index (χ1) is 63.1. The number of methoxy groups -OCH3 is 2. The van der Waals surface area contributed by atoms with Crippen molar-refractivity contribution in [2.45, 2.75) is 40.8 Å². The van der Waals surface area contributed by atoms with Crippen LogP contribution >= 0.6 is 0 Å². The van der Waals surface area contributed by atoms with Gasteiger partial charge in [-0.3, -0.25) is 80.9 Å². The van der Waals surface area contributed by atoms with Gasteiger partial charge in [-0.05, 0) is 178 Å². The number of halogens is 5. The fourth-order valence-electron chi connectivity index (χ4n) is 12.7. The molecule has 11 aromatic carbocycles. The molecule has 0 saturated carbocycles. The lowest BCUT2D eigenvalue weighted by molar-refractivity contribution is -0.137. The third-order valence-corrected chi connectivity index (χ3v) is 19.4. The number of anilines is 8. The molecule has 0 bridgehead atoms. The summed E-state index contributed by atoms with van der Waals surface area (Å²) in [5, 5.41) is 38.4. The van der Waals surface area contributed by atoms with Gasteiger partial charge < -0.3 is 14.0 Å². The molecule has 131 heavy (non-hydrogen) atoms. The molecular weight excluding hydrogens is 1690 g/mol. The molecule has 5 heterocycles. The van der Waals surface area contributed by atoms with Crippen molar-refractivity contribution in [1.82, 2.24) is 68.6 Å². The molecule has 8 amide bonds. The van der Waals surface area contributed by atoms with E-state index in [-0.39, 0.29) is 70.6 Å². The third-order valence-electron chi connectivity index (χ3n) is 19.4. The highest BCUT2D eigenvalue weighted by Gasteiger charge is 2.31. The van der Waals surface area contributed by atoms with Gasteiger partial charge in [-0.1, -0.05) is 152 Å². The smallest absolute Gasteiger partial charge is 0.416 e. The zero-order valence-electron chi connectivity index (χ0n) is 70.9. The van der Waals surface area contributed by atoms with E-state index < -0.39 is 64.7 Å². The first kappa shape index (κ1) is 90.9. The summed E-state index contributed by atoms with van der Waals surface area (Å²) in [7, 11) is 4.75. The maximum atomic E-state index is 13.9. The fraction of sp³-hybridized carbons (Fsp3) is 0.0957. The zero-order valence-corrected chi connectivity index (χ0v) is 70.9. The lowest BCUT2D eigenvalue weighted by atomic mass is 10.1. The molecule has 16 rings (SSSR count). The molecule has 0 spiro atoms. The Hall–Kier alpha value is -17.8. The van der Waals surface area contributed by atoms with Crippen LogP contribution in [0.15, 0.2) is 286 Å². The summed E-state index contributed by atoms with van der Waals surface area (Å²) in [6, 6.07) is 74.2. The summed E-state index contributed by atoms with van der Waals surface area (Å²) in [4.78, 5) is 123. The molecule has 8 N–H and O–H groups in total. The number of rotatable bonds is 22. The van der Waals surface area contributed by atoms with Crippen LogP contribution in [0.3, 0.4) is 0 Å². The van der Waals surface area contributed by atoms with Crippen LogP contribution in [0.2, 0.25) is 0 Å². The molecule has 0 fully saturated rings. The van der Waals surface area contributed by atoms with Crippen molar-refractivity contribution in [3.63, 3.8) is 0 Å². The number of hydrogen-bond donors (Lipinski definition) is 8. The molecule has 0 atom stereocenters. The van der Waals surface area contributed by atoms with Crippen molar-refractivity contribution in [3.8, 4) is 34.2 Å². The third kappa shape index (κ3) is 22.7. The topological polar surface area (TPSA) is 392 Å². The van der Waals surface area contributed by atoms with E-state index in [2.05, 4.69) is 87.8 Å². The van der Waals surface area contributed by atoms with Gasteiger partial charge in [0, 0.05) is 47.1 Å². The lowest BCUT2D eigenvalue weighted by Gasteiger charge is -2.10. The SMILES string of the molecule is COc1ccccc1C(=O)Nc1nc(NC(=O)c2ccccc2OC)n(-c2ccccc2)n1.Cc1ccccc1C(=O)Nc1nc(NC(=O)c2ccccc2C)n(-c2ccc(C(F)(F)F)cc2)n1.Cc1ccccc1C(=O)Nc1nc(NC(=O)c2ccccc2C)n(-c2ccc(F)c(F)c2)n1.Cc1ccccc1C(=O)Nc1nc(NC(=O)c2cn(C)cn2)n(-c2ccccc2)n1. The number of aromatic nitrogens is 14. The van der Waals surface area contributed by atoms with E-state index in [4.69, 9.17) is 9.47 Å². The number of nitrogens with one attached hydrogen (secondary N) is 8. The standard InChI is InChI=1S/C25H20F3N5O2.C24H19F2N5O2.C24H21N5O4.C21H19N7O2/c1-15-7-3-5-9-19(15)21(34)29-23-31-24(30-22(35)20-10-6-4-8-16(20)2)33(32-23)18-13-11-17(12-14-18)25(26,27)28;1-14-7-3-5-9-17(14)21(32)27-23-29-24(28-22(33)18-10-6-4-8-15(18)2)31(30-23)16-11-12-19(25)20(26)13-16;1-32-19-14-8-6-12-17(19)21(30)25-23-27-24(29(28-23)16-10-4-3-5-11-16)26-22(31)18-13-7-9-15-20(18)33-2;1-14-8-6-7-11-16(14)18(29)23-20-25-21(24-19(30)17-12-27(2)13-22-17)28(26-20)15-9-4-3-5-10-15/h3-14H,1-2H3,(H2,29,30,31,32,34,35);3-13H,1-2H3,(H2,27,28,29,30,32,33);3-15H,1-2H3,(H2,25,26,27,28,30,31);3-13H,1-2H3,(H2,23,24,25,26,29,30). The molecular formula is C94H79F5N22O10. The highest BCUT2D eigenvalue weighted by molar-refractivity contribution is 6.10. The van der Waals surface area contributed by atoms with Crippen LogP contribution in [-0.2, 0) is 13.2 Å². The van der Waals surface area contributed by atoms with Crippen LogP contribution < -0.4 is 52.0 Å². The van der Waals surface area contributed by atoms with E-state index >= 15 is 0 Å². The van der Waals surface area contributed by atoms with Gasteiger partial charge >= 0.3 is 6.18 Å². The van der Waals surface area contributed by atoms with Gasteiger partial charge in [-0.25, -0.2) is 13.8 Å². The molecule has 32 nitrogen and oxygen atoms in total. The summed E-state index contributed by atoms with van der Waals surface area (Å²) < 4.78 is 83.7. The first-order valence-electron chi connectivity index (χ1n) is 39.7. The van der Waals surface area contributed by atoms with Gasteiger partial charge in [-0.2, -0.15) is 51.8 Å². The van der Waals surface area contributed by atoms with Crippen molar-refractivity contribution in [3.05, 3.63) is 375 Å². The second kappa shape index (κ2) is 41.3. The molecule has 0 unspecified atom stereocenters. The molecule has 0 aliphatic carbocycles. The number of benzene rings is 11. The lowest BCUT2D eigenvalue weighted by Crippen LogP contribution is -2.17. The van der Waals surface area contributed by atoms with E-state index in [0.717, 1.165) is 61.4 Å². The van der Waals surface area contributed by atoms with E-state index in [1.807, 2.05) is 67.6 Å². The average molecular weight is 1770 g/mol. The minimum atomic E-state index is -4.50. The summed E-state index contributed by atoms with van der Waals surface area (Å²) in [6.07, 6.45) is -1.38. The van der Waals surface area contributed by atoms with Crippen LogP contribution in [-0.4, -0.2) is 130 Å². The number of carbonyl (C=O) groups excluding carboxylic acids is 8. The minimum absolute atomic E-state index is 0.0186. The second-order valence-electron chi connectivity index (χ2n) is 28.5. The van der Waals surface area contributed by atoms with Crippen molar-refractivity contribution in [2.75, 3.05) is 56.8 Å². The van der Waals surface area contributed by atoms with E-state index in [1.165, 1.54) is 48.1 Å². The molecule has 0 aliphatic rings. The monoisotopic (exact) mass is 1770 g/mol. The number of ether oxygens (including phenoxy) is 2. The quantitative estimate of drug-likeness (QED) is 0.0292. The predicted molar refractivity (Wildman–Crippen MR) is 479 cm³/mol. The van der Waals surface area contributed by atoms with E-state index in [1.54, 1.807) is 215 Å². The molecule has 0 saturated heterocycles. The molecule has 0 aliphatic heterocycles. The van der Waals surface area contributed by atoms with Gasteiger partial charge in [0.05, 0.1) is 60.0 Å². The minimum Gasteiger partial charge on any atom is -0.496 e. The van der Waals surface area contributed by atoms with Gasteiger partial charge in [0.25, 0.3) is 71.1 Å². The van der Waals surface area contributed by atoms with Crippen LogP contribution in [0, 0.1) is 46.3 Å². The number of hydrogen-bond acceptors (Lipinski definition) is 19. The van der Waals surface area contributed by atoms with Gasteiger partial charge in [-0.15, -0.1) is 20.4 Å². The molecule has 16 aromatic rings. The van der Waals surface area contributed by atoms with Crippen LogP contribution in [0.5, 0.6) is 11.5 Å². The maximum absolute atomic E-state index is 13.9. The number of alkyl halides is 3. The Labute approximate surface area is 743 Å². The van der Waals surface area contributed by atoms with Crippen LogP contribution in [0.25, 0.3) is 22.7 Å². The van der Waals surface area contributed by atoms with Crippen molar-refractivity contribution in [1.29, 1.82) is 0 Å². The number of carbonyl (C=O) groups is 8. The Balaban J connectivity index is 0.000000149. The Morgan fingerprint density at radius 2 is 0.573 bits per heavy atom. The molecule has 37 heteroatoms. The molecule has 5 aromatic heterocycles. The summed E-state index contributed by atoms with van der Waals surface area (Å²) in [5.74, 6) is -4.80. The Bertz CT molecular complexity index is 6900. The predicted octanol–water partition coefficient (Wildman–Crippen LogP) is 16.7. The summed E-state index contributed by atoms with van der Waals surface area (Å²) in [5.41, 5.74) is 7.65. The van der Waals surface area contributed by atoms with Gasteiger partial charge in [0.15, 0.2) is 11.6 Å². The second-order valence-corrected chi connectivity index (χ2v) is 28.5. The van der Waals surface area contributed by atoms with Crippen molar-refractivity contribution < 1.29 is 69.8 Å². The molecule has 660 valence electrons. The maximum Gasteiger partial charge on any atom is 0.416 e. The number of amides is 8. The van der Waals surface area contributed by atoms with Crippen molar-refractivity contribution >= 4 is 94.8 Å². The highest BCUT2D eigenvalue weighted by Crippen LogP contribution is 2.32. The Kier molecular flexibility index (Phi) is 28.7. The molecule has 0 radical (unpaired) electrons. The van der Waals surface area contributed by atoms with Gasteiger partial charge in [0.2, 0.25) is 23.8 Å². The number of aryl methyl sites for hydroxylation is 6. The van der Waals surface area contributed by atoms with E-state index in [0.29, 0.717) is 61.8 Å². The van der Waals surface area contributed by atoms with Crippen molar-refractivity contribution in [2.24, 2.45) is 7.05 Å². The first-order valence-corrected chi connectivity index (χ1v) is 39.7. The average Bonchev–Trinajstić information content (AvgIpc) is 1.68. The van der Waals surface area contributed by atoms with Crippen LogP contribution in [0.4, 0.5) is 69.5 Å². The number of imidazole rings is 1. The van der Waals surface area contributed by atoms with Gasteiger partial charge in [0.1, 0.15) is 17.2 Å². The van der Waals surface area contributed by atoms with Crippen LogP contribution in [0.1, 0.15) is 116 Å². The fourth-order valence-corrected chi connectivity index (χ4v) is 12.7. The number of nitrogens with zero attached hydrogens (tertiary/aromatic N) is 14. The Morgan fingerprint density at radius 3 is 0.878 bits per heavy atom.